The molecule has 2 amide bonds. The zero-order valence-corrected chi connectivity index (χ0v) is 24.0. The number of hydrogen-bond acceptors (Lipinski definition) is 4. The van der Waals surface area contributed by atoms with Gasteiger partial charge >= 0.3 is 5.97 Å². The summed E-state index contributed by atoms with van der Waals surface area (Å²) >= 11 is 6.45. The third-order valence-corrected chi connectivity index (χ3v) is 8.67. The maximum atomic E-state index is 15.2. The Hall–Kier alpha value is -3.43. The van der Waals surface area contributed by atoms with Crippen LogP contribution in [0.1, 0.15) is 54.9 Å². The SMILES string of the molecule is C[C@H]1C[C@@H](CO[C@H]2CC[C@H](C(=O)O)CC2)N(C(=O)Cc2cc(Cl)c(NC(=O)c3cn(C)c4ccccc34)cc2F)C1. The predicted molar refractivity (Wildman–Crippen MR) is 155 cm³/mol. The van der Waals surface area contributed by atoms with Gasteiger partial charge in [0.2, 0.25) is 5.91 Å². The number of nitrogens with one attached hydrogen (secondary N) is 1. The van der Waals surface area contributed by atoms with Gasteiger partial charge in [0.05, 0.1) is 47.4 Å². The molecule has 0 unspecified atom stereocenters. The number of ether oxygens (including phenoxy) is 1. The normalized spacial score (nSPS) is 22.7. The first-order chi connectivity index (χ1) is 19.6. The smallest absolute Gasteiger partial charge is 0.306 e. The van der Waals surface area contributed by atoms with Crippen molar-refractivity contribution in [1.29, 1.82) is 0 Å². The fourth-order valence-corrected chi connectivity index (χ4v) is 6.37. The molecule has 0 spiro atoms. The number of benzene rings is 2. The van der Waals surface area contributed by atoms with Crippen molar-refractivity contribution in [3.8, 4) is 0 Å². The molecule has 2 aromatic carbocycles. The van der Waals surface area contributed by atoms with E-state index in [0.29, 0.717) is 44.4 Å². The molecule has 2 N–H and O–H groups in total. The fraction of sp³-hybridized carbons (Fsp3) is 0.452. The molecule has 5 rings (SSSR count). The Kier molecular flexibility index (Phi) is 8.66. The van der Waals surface area contributed by atoms with E-state index in [4.69, 9.17) is 16.3 Å². The molecule has 2 atom stereocenters. The van der Waals surface area contributed by atoms with Gasteiger partial charge in [-0.3, -0.25) is 14.4 Å². The highest BCUT2D eigenvalue weighted by atomic mass is 35.5. The van der Waals surface area contributed by atoms with Crippen LogP contribution in [0.4, 0.5) is 10.1 Å². The first kappa shape index (κ1) is 29.1. The van der Waals surface area contributed by atoms with Crippen LogP contribution in [0.25, 0.3) is 10.9 Å². The Morgan fingerprint density at radius 3 is 2.61 bits per heavy atom. The van der Waals surface area contributed by atoms with Crippen molar-refractivity contribution < 1.29 is 28.6 Å². The van der Waals surface area contributed by atoms with Crippen LogP contribution in [0.3, 0.4) is 0 Å². The molecule has 2 fully saturated rings. The van der Waals surface area contributed by atoms with Gasteiger partial charge in [0, 0.05) is 30.7 Å². The third kappa shape index (κ3) is 6.41. The van der Waals surface area contributed by atoms with Crippen LogP contribution in [0, 0.1) is 17.7 Å². The molecule has 1 saturated heterocycles. The minimum absolute atomic E-state index is 0.00802. The van der Waals surface area contributed by atoms with Crippen molar-refractivity contribution >= 4 is 46.0 Å². The number of likely N-dealkylation sites (tertiary alicyclic amines) is 1. The van der Waals surface area contributed by atoms with Gasteiger partial charge in [0.15, 0.2) is 0 Å². The molecule has 1 aliphatic carbocycles. The van der Waals surface area contributed by atoms with Crippen LogP contribution in [0.15, 0.2) is 42.6 Å². The lowest BCUT2D eigenvalue weighted by molar-refractivity contribution is -0.144. The van der Waals surface area contributed by atoms with E-state index in [2.05, 4.69) is 12.2 Å². The average molecular weight is 584 g/mol. The summed E-state index contributed by atoms with van der Waals surface area (Å²) in [5.74, 6) is -2.00. The first-order valence-electron chi connectivity index (χ1n) is 14.1. The molecule has 0 radical (unpaired) electrons. The number of rotatable bonds is 8. The number of aryl methyl sites for hydroxylation is 1. The number of para-hydroxylation sites is 1. The van der Waals surface area contributed by atoms with E-state index in [1.807, 2.05) is 35.9 Å². The minimum atomic E-state index is -0.752. The summed E-state index contributed by atoms with van der Waals surface area (Å²) in [6.45, 7) is 3.01. The standard InChI is InChI=1S/C31H35ClFN3O5/c1-18-11-21(17-41-22-9-7-19(8-10-22)31(39)40)36(15-18)29(37)13-20-12-25(32)27(14-26(20)33)34-30(38)24-16-35(2)28-6-4-3-5-23(24)28/h3-6,12,14,16,18-19,21-22H,7-11,13,15,17H2,1-2H3,(H,34,38)(H,39,40)/t18-,19-,21-,22-/m0/s1. The lowest BCUT2D eigenvalue weighted by Crippen LogP contribution is -2.40. The Balaban J connectivity index is 1.21. The number of carboxylic acids is 1. The zero-order chi connectivity index (χ0) is 29.3. The second kappa shape index (κ2) is 12.2. The van der Waals surface area contributed by atoms with E-state index < -0.39 is 17.7 Å². The Morgan fingerprint density at radius 1 is 1.15 bits per heavy atom. The van der Waals surface area contributed by atoms with Crippen LogP contribution < -0.4 is 5.32 Å². The number of nitrogens with zero attached hydrogens (tertiary/aromatic N) is 2. The van der Waals surface area contributed by atoms with Crippen molar-refractivity contribution in [2.24, 2.45) is 18.9 Å². The number of carbonyl (C=O) groups is 3. The van der Waals surface area contributed by atoms with E-state index >= 15 is 4.39 Å². The van der Waals surface area contributed by atoms with Gasteiger partial charge in [-0.25, -0.2) is 4.39 Å². The summed E-state index contributed by atoms with van der Waals surface area (Å²) in [4.78, 5) is 39.3. The second-order valence-electron chi connectivity index (χ2n) is 11.4. The third-order valence-electron chi connectivity index (χ3n) is 8.36. The molecule has 1 aromatic heterocycles. The van der Waals surface area contributed by atoms with Crippen LogP contribution >= 0.6 is 11.6 Å². The molecule has 41 heavy (non-hydrogen) atoms. The number of hydrogen-bond donors (Lipinski definition) is 2. The summed E-state index contributed by atoms with van der Waals surface area (Å²) in [5, 5.41) is 12.8. The van der Waals surface area contributed by atoms with Gasteiger partial charge in [0.1, 0.15) is 5.82 Å². The van der Waals surface area contributed by atoms with E-state index in [1.165, 1.54) is 6.07 Å². The molecular weight excluding hydrogens is 549 g/mol. The lowest BCUT2D eigenvalue weighted by Gasteiger charge is -2.30. The largest absolute Gasteiger partial charge is 0.481 e. The fourth-order valence-electron chi connectivity index (χ4n) is 6.13. The van der Waals surface area contributed by atoms with Gasteiger partial charge in [-0.1, -0.05) is 36.7 Å². The first-order valence-corrected chi connectivity index (χ1v) is 14.5. The lowest BCUT2D eigenvalue weighted by atomic mass is 9.87. The summed E-state index contributed by atoms with van der Waals surface area (Å²) in [7, 11) is 1.85. The summed E-state index contributed by atoms with van der Waals surface area (Å²) < 4.78 is 23.1. The molecule has 1 saturated carbocycles. The molecule has 2 heterocycles. The zero-order valence-electron chi connectivity index (χ0n) is 23.2. The van der Waals surface area contributed by atoms with E-state index in [1.54, 1.807) is 11.1 Å². The molecule has 0 bridgehead atoms. The molecule has 10 heteroatoms. The molecule has 8 nitrogen and oxygen atoms in total. The van der Waals surface area contributed by atoms with E-state index in [0.717, 1.165) is 23.4 Å². The van der Waals surface area contributed by atoms with E-state index in [-0.39, 0.29) is 52.6 Å². The average Bonchev–Trinajstić information content (AvgIpc) is 3.50. The number of aliphatic carboxylic acids is 1. The van der Waals surface area contributed by atoms with Gasteiger partial charge in [0.25, 0.3) is 5.91 Å². The Labute approximate surface area is 243 Å². The number of fused-ring (bicyclic) bond motifs is 1. The summed E-state index contributed by atoms with van der Waals surface area (Å²) in [6.07, 6.45) is 4.93. The quantitative estimate of drug-likeness (QED) is 0.356. The highest BCUT2D eigenvalue weighted by Gasteiger charge is 2.35. The number of amides is 2. The molecule has 2 aliphatic rings. The highest BCUT2D eigenvalue weighted by molar-refractivity contribution is 6.34. The predicted octanol–water partition coefficient (Wildman–Crippen LogP) is 5.66. The topological polar surface area (TPSA) is 101 Å². The number of carboxylic acid groups (broad SMARTS) is 1. The maximum absolute atomic E-state index is 15.2. The minimum Gasteiger partial charge on any atom is -0.481 e. The molecular formula is C31H35ClFN3O5. The van der Waals surface area contributed by atoms with Gasteiger partial charge in [-0.05, 0) is 61.8 Å². The second-order valence-corrected chi connectivity index (χ2v) is 11.8. The van der Waals surface area contributed by atoms with Gasteiger partial charge in [-0.15, -0.1) is 0 Å². The van der Waals surface area contributed by atoms with Crippen molar-refractivity contribution in [1.82, 2.24) is 9.47 Å². The Morgan fingerprint density at radius 2 is 1.88 bits per heavy atom. The van der Waals surface area contributed by atoms with E-state index in [9.17, 15) is 19.5 Å². The van der Waals surface area contributed by atoms with Crippen molar-refractivity contribution in [2.75, 3.05) is 18.5 Å². The van der Waals surface area contributed by atoms with Gasteiger partial charge in [-0.2, -0.15) is 0 Å². The molecule has 3 aromatic rings. The molecule has 218 valence electrons. The van der Waals surface area contributed by atoms with Crippen molar-refractivity contribution in [2.45, 2.75) is 57.6 Å². The Bertz CT molecular complexity index is 1470. The number of aromatic nitrogens is 1. The van der Waals surface area contributed by atoms with Crippen LogP contribution in [-0.2, 0) is 27.8 Å². The summed E-state index contributed by atoms with van der Waals surface area (Å²) in [6, 6.07) is 9.95. The van der Waals surface area contributed by atoms with Crippen LogP contribution in [-0.4, -0.2) is 57.7 Å². The number of halogens is 2. The molecule has 1 aliphatic heterocycles. The number of anilines is 1. The van der Waals surface area contributed by atoms with Gasteiger partial charge < -0.3 is 24.6 Å². The number of carbonyl (C=O) groups excluding carboxylic acids is 2. The monoisotopic (exact) mass is 583 g/mol. The summed E-state index contributed by atoms with van der Waals surface area (Å²) in [5.41, 5.74) is 1.64. The maximum Gasteiger partial charge on any atom is 0.306 e. The van der Waals surface area contributed by atoms with Crippen molar-refractivity contribution in [3.05, 3.63) is 64.6 Å². The van der Waals surface area contributed by atoms with Crippen LogP contribution in [0.5, 0.6) is 0 Å². The van der Waals surface area contributed by atoms with Crippen LogP contribution in [0.2, 0.25) is 5.02 Å². The van der Waals surface area contributed by atoms with Crippen molar-refractivity contribution in [3.63, 3.8) is 0 Å². The highest BCUT2D eigenvalue weighted by Crippen LogP contribution is 2.31.